The Balaban J connectivity index is 1.73. The van der Waals surface area contributed by atoms with Gasteiger partial charge in [0.1, 0.15) is 0 Å². The van der Waals surface area contributed by atoms with Gasteiger partial charge in [-0.25, -0.2) is 5.43 Å². The van der Waals surface area contributed by atoms with Crippen LogP contribution in [-0.2, 0) is 9.59 Å². The zero-order valence-corrected chi connectivity index (χ0v) is 16.5. The predicted octanol–water partition coefficient (Wildman–Crippen LogP) is 3.97. The number of nitrogens with zero attached hydrogens (tertiary/aromatic N) is 1. The summed E-state index contributed by atoms with van der Waals surface area (Å²) < 4.78 is 4.99. The summed E-state index contributed by atoms with van der Waals surface area (Å²) >= 11 is 11.7. The molecule has 2 aromatic carbocycles. The number of amides is 2. The molecule has 0 aliphatic heterocycles. The number of benzene rings is 2. The Bertz CT molecular complexity index is 887. The number of hydrogen-bond acceptors (Lipinski definition) is 5. The smallest absolute Gasteiger partial charge is 0.240 e. The number of phenols is 1. The first kappa shape index (κ1) is 21.5. The molecule has 2 aromatic rings. The average Bonchev–Trinajstić information content (AvgIpc) is 2.66. The second-order valence-electron chi connectivity index (χ2n) is 5.72. The van der Waals surface area contributed by atoms with Crippen LogP contribution >= 0.6 is 23.2 Å². The number of phenolic OH excluding ortho intramolecular Hbond substituents is 1. The van der Waals surface area contributed by atoms with Gasteiger partial charge in [-0.15, -0.1) is 0 Å². The SMILES string of the molecule is COc1cccc(/C=N\NC(=O)CCCC(=O)Nc2ccc(Cl)c(Cl)c2)c1O. The number of methoxy groups -OCH3 is 1. The van der Waals surface area contributed by atoms with E-state index in [2.05, 4.69) is 15.8 Å². The van der Waals surface area contributed by atoms with E-state index < -0.39 is 0 Å². The lowest BCUT2D eigenvalue weighted by Gasteiger charge is -2.06. The standard InChI is InChI=1S/C19H19Cl2N3O4/c1-28-16-5-2-4-12(19(16)27)11-22-24-18(26)7-3-6-17(25)23-13-8-9-14(20)15(21)10-13/h2,4-5,8-11,27H,3,6-7H2,1H3,(H,23,25)(H,24,26)/b22-11-. The molecule has 2 amide bonds. The zero-order chi connectivity index (χ0) is 20.5. The number of ether oxygens (including phenoxy) is 1. The van der Waals surface area contributed by atoms with Gasteiger partial charge in [0.15, 0.2) is 11.5 Å². The number of hydrazone groups is 1. The fourth-order valence-electron chi connectivity index (χ4n) is 2.24. The summed E-state index contributed by atoms with van der Waals surface area (Å²) in [6, 6.07) is 9.70. The molecular formula is C19H19Cl2N3O4. The molecule has 0 heterocycles. The Morgan fingerprint density at radius 1 is 1.14 bits per heavy atom. The van der Waals surface area contributed by atoms with Crippen molar-refractivity contribution in [3.8, 4) is 11.5 Å². The monoisotopic (exact) mass is 423 g/mol. The minimum atomic E-state index is -0.346. The van der Waals surface area contributed by atoms with Crippen LogP contribution in [-0.4, -0.2) is 30.2 Å². The number of nitrogens with one attached hydrogen (secondary N) is 2. The number of aromatic hydroxyl groups is 1. The van der Waals surface area contributed by atoms with Crippen molar-refractivity contribution >= 4 is 46.9 Å². The van der Waals surface area contributed by atoms with Crippen LogP contribution < -0.4 is 15.5 Å². The van der Waals surface area contributed by atoms with Crippen molar-refractivity contribution < 1.29 is 19.4 Å². The molecule has 148 valence electrons. The van der Waals surface area contributed by atoms with Crippen LogP contribution in [0.5, 0.6) is 11.5 Å². The molecule has 9 heteroatoms. The van der Waals surface area contributed by atoms with Crippen LogP contribution in [0.4, 0.5) is 5.69 Å². The maximum absolute atomic E-state index is 11.9. The lowest BCUT2D eigenvalue weighted by molar-refractivity contribution is -0.121. The quantitative estimate of drug-likeness (QED) is 0.441. The molecule has 0 bridgehead atoms. The van der Waals surface area contributed by atoms with Gasteiger partial charge in [0.25, 0.3) is 0 Å². The van der Waals surface area contributed by atoms with E-state index in [1.54, 1.807) is 36.4 Å². The number of carbonyl (C=O) groups is 2. The van der Waals surface area contributed by atoms with Crippen molar-refractivity contribution in [3.63, 3.8) is 0 Å². The second-order valence-corrected chi connectivity index (χ2v) is 6.54. The minimum absolute atomic E-state index is 0.0676. The van der Waals surface area contributed by atoms with Gasteiger partial charge in [-0.1, -0.05) is 29.3 Å². The van der Waals surface area contributed by atoms with Gasteiger partial charge in [-0.05, 0) is 36.8 Å². The number of para-hydroxylation sites is 1. The van der Waals surface area contributed by atoms with Crippen molar-refractivity contribution in [2.24, 2.45) is 5.10 Å². The number of halogens is 2. The second kappa shape index (κ2) is 10.5. The Kier molecular flexibility index (Phi) is 8.10. The van der Waals surface area contributed by atoms with Crippen molar-refractivity contribution in [2.75, 3.05) is 12.4 Å². The molecule has 7 nitrogen and oxygen atoms in total. The molecule has 0 radical (unpaired) electrons. The first-order valence-electron chi connectivity index (χ1n) is 8.33. The molecular weight excluding hydrogens is 405 g/mol. The van der Waals surface area contributed by atoms with E-state index in [-0.39, 0.29) is 30.4 Å². The van der Waals surface area contributed by atoms with E-state index in [1.807, 2.05) is 0 Å². The van der Waals surface area contributed by atoms with Crippen molar-refractivity contribution in [3.05, 3.63) is 52.0 Å². The normalized spacial score (nSPS) is 10.7. The zero-order valence-electron chi connectivity index (χ0n) is 15.0. The third kappa shape index (κ3) is 6.44. The Hall–Kier alpha value is -2.77. The first-order valence-corrected chi connectivity index (χ1v) is 9.09. The van der Waals surface area contributed by atoms with Gasteiger partial charge < -0.3 is 15.2 Å². The highest BCUT2D eigenvalue weighted by Crippen LogP contribution is 2.28. The van der Waals surface area contributed by atoms with Crippen LogP contribution in [0.1, 0.15) is 24.8 Å². The van der Waals surface area contributed by atoms with Crippen LogP contribution in [0, 0.1) is 0 Å². The number of carbonyl (C=O) groups excluding carboxylic acids is 2. The van der Waals surface area contributed by atoms with Gasteiger partial charge in [0.05, 0.1) is 23.4 Å². The predicted molar refractivity (Wildman–Crippen MR) is 109 cm³/mol. The largest absolute Gasteiger partial charge is 0.504 e. The lowest BCUT2D eigenvalue weighted by atomic mass is 10.2. The fourth-order valence-corrected chi connectivity index (χ4v) is 2.54. The fraction of sp³-hybridized carbons (Fsp3) is 0.211. The third-order valence-electron chi connectivity index (χ3n) is 3.65. The maximum Gasteiger partial charge on any atom is 0.240 e. The number of rotatable bonds is 8. The molecule has 0 aliphatic rings. The van der Waals surface area contributed by atoms with Gasteiger partial charge in [0, 0.05) is 24.1 Å². The van der Waals surface area contributed by atoms with Gasteiger partial charge in [-0.2, -0.15) is 5.10 Å². The summed E-state index contributed by atoms with van der Waals surface area (Å²) in [5.41, 5.74) is 3.28. The summed E-state index contributed by atoms with van der Waals surface area (Å²) in [5, 5.41) is 17.1. The van der Waals surface area contributed by atoms with Crippen LogP contribution in [0.3, 0.4) is 0 Å². The molecule has 0 aromatic heterocycles. The van der Waals surface area contributed by atoms with Gasteiger partial charge in [-0.3, -0.25) is 9.59 Å². The number of anilines is 1. The summed E-state index contributed by atoms with van der Waals surface area (Å²) in [4.78, 5) is 23.7. The van der Waals surface area contributed by atoms with E-state index in [1.165, 1.54) is 13.3 Å². The third-order valence-corrected chi connectivity index (χ3v) is 4.39. The summed E-state index contributed by atoms with van der Waals surface area (Å²) in [6.45, 7) is 0. The lowest BCUT2D eigenvalue weighted by Crippen LogP contribution is -2.18. The van der Waals surface area contributed by atoms with Crippen molar-refractivity contribution in [1.82, 2.24) is 5.43 Å². The van der Waals surface area contributed by atoms with Crippen molar-refractivity contribution in [1.29, 1.82) is 0 Å². The van der Waals surface area contributed by atoms with E-state index in [0.717, 1.165) is 0 Å². The van der Waals surface area contributed by atoms with Gasteiger partial charge in [0.2, 0.25) is 11.8 Å². The van der Waals surface area contributed by atoms with E-state index in [0.29, 0.717) is 33.5 Å². The van der Waals surface area contributed by atoms with Crippen LogP contribution in [0.2, 0.25) is 10.0 Å². The van der Waals surface area contributed by atoms with Crippen LogP contribution in [0.25, 0.3) is 0 Å². The molecule has 0 fully saturated rings. The molecule has 28 heavy (non-hydrogen) atoms. The highest BCUT2D eigenvalue weighted by Gasteiger charge is 2.08. The highest BCUT2D eigenvalue weighted by molar-refractivity contribution is 6.42. The first-order chi connectivity index (χ1) is 13.4. The molecule has 0 atom stereocenters. The molecule has 0 saturated carbocycles. The maximum atomic E-state index is 11.9. The summed E-state index contributed by atoms with van der Waals surface area (Å²) in [5.74, 6) is -0.345. The average molecular weight is 424 g/mol. The van der Waals surface area contributed by atoms with Gasteiger partial charge >= 0.3 is 0 Å². The van der Waals surface area contributed by atoms with E-state index >= 15 is 0 Å². The van der Waals surface area contributed by atoms with Crippen LogP contribution in [0.15, 0.2) is 41.5 Å². The summed E-state index contributed by atoms with van der Waals surface area (Å²) in [7, 11) is 1.44. The summed E-state index contributed by atoms with van der Waals surface area (Å²) in [6.07, 6.45) is 1.94. The highest BCUT2D eigenvalue weighted by atomic mass is 35.5. The molecule has 0 spiro atoms. The Labute approximate surface area is 172 Å². The van der Waals surface area contributed by atoms with E-state index in [9.17, 15) is 14.7 Å². The number of hydrogen-bond donors (Lipinski definition) is 3. The Morgan fingerprint density at radius 3 is 2.61 bits per heavy atom. The molecule has 0 unspecified atom stereocenters. The van der Waals surface area contributed by atoms with E-state index in [4.69, 9.17) is 27.9 Å². The molecule has 0 saturated heterocycles. The molecule has 3 N–H and O–H groups in total. The molecule has 2 rings (SSSR count). The minimum Gasteiger partial charge on any atom is -0.504 e. The topological polar surface area (TPSA) is 100 Å². The van der Waals surface area contributed by atoms with Crippen molar-refractivity contribution in [2.45, 2.75) is 19.3 Å². The Morgan fingerprint density at radius 2 is 1.89 bits per heavy atom. The molecule has 0 aliphatic carbocycles.